The van der Waals surface area contributed by atoms with Gasteiger partial charge in [-0.25, -0.2) is 0 Å². The van der Waals surface area contributed by atoms with E-state index in [4.69, 9.17) is 4.74 Å². The van der Waals surface area contributed by atoms with Crippen molar-refractivity contribution in [3.63, 3.8) is 0 Å². The third kappa shape index (κ3) is 5.23. The molecule has 138 valence electrons. The second kappa shape index (κ2) is 10.6. The monoisotopic (exact) mass is 384 g/mol. The van der Waals surface area contributed by atoms with Crippen LogP contribution in [-0.4, -0.2) is 12.6 Å². The molecule has 3 saturated carbocycles. The molecular weight excluding hydrogens is 355 g/mol. The molecule has 3 fully saturated rings. The van der Waals surface area contributed by atoms with Gasteiger partial charge in [-0.3, -0.25) is 4.79 Å². The van der Waals surface area contributed by atoms with Crippen molar-refractivity contribution in [2.24, 2.45) is 11.8 Å². The number of rotatable bonds is 2. The van der Waals surface area contributed by atoms with E-state index in [1.165, 1.54) is 56.9 Å². The van der Waals surface area contributed by atoms with Gasteiger partial charge in [-0.05, 0) is 101 Å². The van der Waals surface area contributed by atoms with Crippen LogP contribution in [0.4, 0.5) is 0 Å². The van der Waals surface area contributed by atoms with Gasteiger partial charge in [0.2, 0.25) is 0 Å². The Morgan fingerprint density at radius 2 is 1.64 bits per heavy atom. The van der Waals surface area contributed by atoms with Crippen LogP contribution in [0, 0.1) is 43.9 Å². The fourth-order valence-corrected chi connectivity index (χ4v) is 4.41. The number of esters is 1. The Morgan fingerprint density at radius 1 is 1.00 bits per heavy atom. The fourth-order valence-electron chi connectivity index (χ4n) is 4.41. The third-order valence-corrected chi connectivity index (χ3v) is 5.49. The van der Waals surface area contributed by atoms with Crippen LogP contribution in [0.25, 0.3) is 0 Å². The normalized spacial score (nSPS) is 27.8. The molecule has 0 aliphatic heterocycles. The van der Waals surface area contributed by atoms with E-state index in [9.17, 15) is 4.79 Å². The fraction of sp³-hybridized carbons (Fsp3) is 0.545. The summed E-state index contributed by atoms with van der Waals surface area (Å²) in [5.74, 6) is 0.459. The Hall–Kier alpha value is -0.544. The van der Waals surface area contributed by atoms with Crippen molar-refractivity contribution in [1.29, 1.82) is 0 Å². The molecule has 0 N–H and O–H groups in total. The molecule has 3 heteroatoms. The molecule has 4 aliphatic carbocycles. The van der Waals surface area contributed by atoms with Crippen molar-refractivity contribution in [3.8, 4) is 0 Å². The molecule has 6 radical (unpaired) electrons. The van der Waals surface area contributed by atoms with Crippen molar-refractivity contribution >= 4 is 5.97 Å². The van der Waals surface area contributed by atoms with Gasteiger partial charge >= 0.3 is 5.97 Å². The molecule has 4 rings (SSSR count). The first kappa shape index (κ1) is 20.8. The maximum Gasteiger partial charge on any atom is 0.313 e. The molecule has 0 amide bonds. The van der Waals surface area contributed by atoms with Gasteiger partial charge in [0, 0.05) is 16.8 Å². The quantitative estimate of drug-likeness (QED) is 0.613. The number of carbonyl (C=O) groups is 1. The summed E-state index contributed by atoms with van der Waals surface area (Å²) in [7, 11) is 0. The van der Waals surface area contributed by atoms with Gasteiger partial charge in [0.25, 0.3) is 0 Å². The smallest absolute Gasteiger partial charge is 0.313 e. The van der Waals surface area contributed by atoms with Crippen molar-refractivity contribution in [2.45, 2.75) is 58.3 Å². The van der Waals surface area contributed by atoms with E-state index in [-0.39, 0.29) is 28.7 Å². The predicted octanol–water partition coefficient (Wildman–Crippen LogP) is 5.19. The number of fused-ring (bicyclic) bond motifs is 2. The van der Waals surface area contributed by atoms with Crippen molar-refractivity contribution < 1.29 is 26.3 Å². The first-order chi connectivity index (χ1) is 11.8. The molecule has 0 unspecified atom stereocenters. The van der Waals surface area contributed by atoms with Crippen LogP contribution in [0.15, 0.2) is 22.8 Å². The summed E-state index contributed by atoms with van der Waals surface area (Å²) in [4.78, 5) is 12.2. The Morgan fingerprint density at radius 3 is 2.32 bits per heavy atom. The minimum absolute atomic E-state index is 0. The van der Waals surface area contributed by atoms with E-state index in [1.807, 2.05) is 39.0 Å². The van der Waals surface area contributed by atoms with Gasteiger partial charge < -0.3 is 4.74 Å². The molecule has 0 aromatic carbocycles. The van der Waals surface area contributed by atoms with Crippen LogP contribution in [0.1, 0.15) is 58.3 Å². The van der Waals surface area contributed by atoms with Crippen LogP contribution in [0.2, 0.25) is 0 Å². The first-order valence-electron chi connectivity index (χ1n) is 9.57. The van der Waals surface area contributed by atoms with Gasteiger partial charge in [-0.15, -0.1) is 0 Å². The van der Waals surface area contributed by atoms with E-state index in [0.29, 0.717) is 12.5 Å². The molecule has 0 bridgehead atoms. The summed E-state index contributed by atoms with van der Waals surface area (Å²) < 4.78 is 5.30. The molecule has 0 saturated heterocycles. The van der Waals surface area contributed by atoms with Gasteiger partial charge in [-0.2, -0.15) is 0 Å². The number of hydrogen-bond acceptors (Lipinski definition) is 2. The molecule has 4 aliphatic rings. The summed E-state index contributed by atoms with van der Waals surface area (Å²) in [6.07, 6.45) is 22.2. The molecule has 0 aromatic heterocycles. The summed E-state index contributed by atoms with van der Waals surface area (Å²) >= 11 is 0. The molecule has 25 heavy (non-hydrogen) atoms. The summed E-state index contributed by atoms with van der Waals surface area (Å²) in [6.45, 7) is 2.40. The summed E-state index contributed by atoms with van der Waals surface area (Å²) in [5, 5.41) is 0. The van der Waals surface area contributed by atoms with Crippen LogP contribution in [0.5, 0.6) is 0 Å². The molecule has 2 atom stereocenters. The van der Waals surface area contributed by atoms with Crippen LogP contribution < -0.4 is 0 Å². The average molecular weight is 384 g/mol. The number of allylic oxidation sites excluding steroid dienone is 3. The summed E-state index contributed by atoms with van der Waals surface area (Å²) in [5.41, 5.74) is 4.70. The summed E-state index contributed by atoms with van der Waals surface area (Å²) in [6, 6.07) is 0. The zero-order valence-corrected chi connectivity index (χ0v) is 16.2. The SMILES string of the molecule is CCOC(=O)[C@@H]1C=C2CCCCC2=C2CCCC[C@H]21.[CH]1[CH][CH][CH][CH]1.[Co]. The van der Waals surface area contributed by atoms with Crippen molar-refractivity contribution in [2.75, 3.05) is 6.61 Å². The Kier molecular flexibility index (Phi) is 8.78. The number of hydrogen-bond donors (Lipinski definition) is 0. The van der Waals surface area contributed by atoms with E-state index in [1.54, 1.807) is 11.1 Å². The third-order valence-electron chi connectivity index (χ3n) is 5.49. The molecule has 0 spiro atoms. The zero-order chi connectivity index (χ0) is 16.8. The number of ether oxygens (including phenoxy) is 1. The first-order valence-corrected chi connectivity index (χ1v) is 9.57. The van der Waals surface area contributed by atoms with Crippen LogP contribution in [-0.2, 0) is 26.3 Å². The molecular formula is C22H29CoO2. The number of carbonyl (C=O) groups excluding carboxylic acids is 1. The largest absolute Gasteiger partial charge is 0.466 e. The van der Waals surface area contributed by atoms with Gasteiger partial charge in [-0.1, -0.05) is 18.1 Å². The maximum absolute atomic E-state index is 12.2. The van der Waals surface area contributed by atoms with Crippen LogP contribution in [0.3, 0.4) is 0 Å². The zero-order valence-electron chi connectivity index (χ0n) is 15.1. The van der Waals surface area contributed by atoms with Gasteiger partial charge in [0.1, 0.15) is 0 Å². The Labute approximate surface area is 164 Å². The average Bonchev–Trinajstić information content (AvgIpc) is 3.21. The van der Waals surface area contributed by atoms with Gasteiger partial charge in [0.15, 0.2) is 0 Å². The maximum atomic E-state index is 12.2. The van der Waals surface area contributed by atoms with Crippen molar-refractivity contribution in [1.82, 2.24) is 0 Å². The molecule has 2 nitrogen and oxygen atoms in total. The predicted molar refractivity (Wildman–Crippen MR) is 97.2 cm³/mol. The van der Waals surface area contributed by atoms with Crippen LogP contribution >= 0.6 is 0 Å². The minimum atomic E-state index is 0. The standard InChI is InChI=1S/C17H24O2.C5H5.Co/c1-2-19-17(18)16-11-12-7-3-4-8-13(12)14-9-5-6-10-15(14)16;1-2-4-5-3-1;/h11,15-16H,2-10H2,1H3;1-5H;/t15-,16-;;/m1../s1. The Bertz CT molecular complexity index is 495. The topological polar surface area (TPSA) is 26.3 Å². The van der Waals surface area contributed by atoms with E-state index >= 15 is 0 Å². The van der Waals surface area contributed by atoms with E-state index in [0.717, 1.165) is 0 Å². The second-order valence-corrected chi connectivity index (χ2v) is 7.00. The van der Waals surface area contributed by atoms with E-state index < -0.39 is 0 Å². The Balaban J connectivity index is 0.000000325. The van der Waals surface area contributed by atoms with E-state index in [2.05, 4.69) is 6.08 Å². The van der Waals surface area contributed by atoms with Crippen molar-refractivity contribution in [3.05, 3.63) is 54.9 Å². The molecule has 0 aromatic rings. The molecule has 0 heterocycles. The van der Waals surface area contributed by atoms with Gasteiger partial charge in [0.05, 0.1) is 12.5 Å². The second-order valence-electron chi connectivity index (χ2n) is 7.00. The minimum Gasteiger partial charge on any atom is -0.466 e.